The van der Waals surface area contributed by atoms with E-state index in [0.29, 0.717) is 6.04 Å². The number of nitrogens with one attached hydrogen (secondary N) is 1. The second kappa shape index (κ2) is 8.48. The minimum atomic E-state index is 0.0858. The molecular formula is C19H35N3O. The highest BCUT2D eigenvalue weighted by atomic mass is 16.2. The number of piperazine rings is 1. The average molecular weight is 322 g/mol. The van der Waals surface area contributed by atoms with E-state index in [-0.39, 0.29) is 11.9 Å². The maximum atomic E-state index is 12.7. The molecule has 4 nitrogen and oxygen atoms in total. The molecule has 1 aliphatic heterocycles. The van der Waals surface area contributed by atoms with Crippen LogP contribution in [-0.2, 0) is 4.79 Å². The normalized spacial score (nSPS) is 27.2. The Labute approximate surface area is 142 Å². The Bertz CT molecular complexity index is 367. The highest BCUT2D eigenvalue weighted by Crippen LogP contribution is 2.25. The van der Waals surface area contributed by atoms with Crippen molar-refractivity contribution >= 4 is 5.91 Å². The molecule has 1 saturated heterocycles. The van der Waals surface area contributed by atoms with E-state index in [2.05, 4.69) is 22.0 Å². The zero-order chi connectivity index (χ0) is 16.1. The van der Waals surface area contributed by atoms with E-state index in [4.69, 9.17) is 0 Å². The summed E-state index contributed by atoms with van der Waals surface area (Å²) in [5.41, 5.74) is 0. The SMILES string of the molecule is CCC(C(=O)NC1CCCCC1)N1CCN(C2CCCC2)CC1. The smallest absolute Gasteiger partial charge is 0.237 e. The van der Waals surface area contributed by atoms with Crippen LogP contribution in [0.1, 0.15) is 71.1 Å². The molecule has 1 N–H and O–H groups in total. The molecule has 0 aromatic rings. The van der Waals surface area contributed by atoms with Crippen molar-refractivity contribution in [1.82, 2.24) is 15.1 Å². The van der Waals surface area contributed by atoms with Crippen LogP contribution < -0.4 is 5.32 Å². The Hall–Kier alpha value is -0.610. The maximum Gasteiger partial charge on any atom is 0.237 e. The number of hydrogen-bond donors (Lipinski definition) is 1. The van der Waals surface area contributed by atoms with E-state index < -0.39 is 0 Å². The fourth-order valence-corrected chi connectivity index (χ4v) is 4.84. The topological polar surface area (TPSA) is 35.6 Å². The molecule has 3 fully saturated rings. The molecule has 23 heavy (non-hydrogen) atoms. The van der Waals surface area contributed by atoms with Crippen molar-refractivity contribution < 1.29 is 4.79 Å². The van der Waals surface area contributed by atoms with E-state index >= 15 is 0 Å². The molecule has 3 aliphatic rings. The van der Waals surface area contributed by atoms with Crippen molar-refractivity contribution in [3.05, 3.63) is 0 Å². The third-order valence-electron chi connectivity index (χ3n) is 6.27. The van der Waals surface area contributed by atoms with Crippen LogP contribution in [0.4, 0.5) is 0 Å². The van der Waals surface area contributed by atoms with E-state index in [1.165, 1.54) is 57.8 Å². The Kier molecular flexibility index (Phi) is 6.35. The summed E-state index contributed by atoms with van der Waals surface area (Å²) in [5, 5.41) is 3.34. The minimum absolute atomic E-state index is 0.0858. The first-order chi connectivity index (χ1) is 11.3. The second-order valence-electron chi connectivity index (χ2n) is 7.78. The van der Waals surface area contributed by atoms with Crippen molar-refractivity contribution in [3.63, 3.8) is 0 Å². The van der Waals surface area contributed by atoms with Crippen LogP contribution in [-0.4, -0.2) is 60.0 Å². The van der Waals surface area contributed by atoms with Gasteiger partial charge in [-0.2, -0.15) is 0 Å². The lowest BCUT2D eigenvalue weighted by Crippen LogP contribution is -2.57. The summed E-state index contributed by atoms with van der Waals surface area (Å²) < 4.78 is 0. The van der Waals surface area contributed by atoms with Gasteiger partial charge in [0.15, 0.2) is 0 Å². The van der Waals surface area contributed by atoms with Gasteiger partial charge in [0.2, 0.25) is 5.91 Å². The minimum Gasteiger partial charge on any atom is -0.352 e. The Morgan fingerprint density at radius 3 is 2.17 bits per heavy atom. The first-order valence-corrected chi connectivity index (χ1v) is 10.1. The average Bonchev–Trinajstić information content (AvgIpc) is 3.11. The lowest BCUT2D eigenvalue weighted by atomic mass is 9.95. The largest absolute Gasteiger partial charge is 0.352 e. The van der Waals surface area contributed by atoms with Gasteiger partial charge in [0.1, 0.15) is 0 Å². The highest BCUT2D eigenvalue weighted by molar-refractivity contribution is 5.82. The van der Waals surface area contributed by atoms with Crippen molar-refractivity contribution in [2.75, 3.05) is 26.2 Å². The maximum absolute atomic E-state index is 12.7. The van der Waals surface area contributed by atoms with Crippen molar-refractivity contribution in [1.29, 1.82) is 0 Å². The molecule has 0 bridgehead atoms. The monoisotopic (exact) mass is 321 g/mol. The summed E-state index contributed by atoms with van der Waals surface area (Å²) in [6, 6.07) is 1.35. The summed E-state index contributed by atoms with van der Waals surface area (Å²) in [4.78, 5) is 17.8. The van der Waals surface area contributed by atoms with E-state index in [9.17, 15) is 4.79 Å². The van der Waals surface area contributed by atoms with Gasteiger partial charge < -0.3 is 5.32 Å². The summed E-state index contributed by atoms with van der Waals surface area (Å²) in [7, 11) is 0. The van der Waals surface area contributed by atoms with Crippen LogP contribution in [0, 0.1) is 0 Å². The first kappa shape index (κ1) is 17.2. The molecule has 2 aliphatic carbocycles. The van der Waals surface area contributed by atoms with Gasteiger partial charge in [-0.25, -0.2) is 0 Å². The van der Waals surface area contributed by atoms with Crippen LogP contribution in [0.25, 0.3) is 0 Å². The number of hydrogen-bond acceptors (Lipinski definition) is 3. The van der Waals surface area contributed by atoms with Gasteiger partial charge in [-0.1, -0.05) is 39.0 Å². The molecule has 0 radical (unpaired) electrons. The first-order valence-electron chi connectivity index (χ1n) is 10.1. The molecule has 4 heteroatoms. The van der Waals surface area contributed by atoms with E-state index in [1.54, 1.807) is 0 Å². The lowest BCUT2D eigenvalue weighted by Gasteiger charge is -2.41. The standard InChI is InChI=1S/C19H35N3O/c1-2-18(19(23)20-16-8-4-3-5-9-16)22-14-12-21(13-15-22)17-10-6-7-11-17/h16-18H,2-15H2,1H3,(H,20,23). The van der Waals surface area contributed by atoms with Crippen LogP contribution >= 0.6 is 0 Å². The van der Waals surface area contributed by atoms with Crippen molar-refractivity contribution in [2.24, 2.45) is 0 Å². The zero-order valence-electron chi connectivity index (χ0n) is 14.9. The molecule has 0 aromatic carbocycles. The predicted molar refractivity (Wildman–Crippen MR) is 94.5 cm³/mol. The molecule has 1 amide bonds. The fourth-order valence-electron chi connectivity index (χ4n) is 4.84. The van der Waals surface area contributed by atoms with Gasteiger partial charge in [-0.05, 0) is 32.1 Å². The molecular weight excluding hydrogens is 286 g/mol. The van der Waals surface area contributed by atoms with Gasteiger partial charge in [-0.15, -0.1) is 0 Å². The number of carbonyl (C=O) groups is 1. The van der Waals surface area contributed by atoms with Gasteiger partial charge in [0, 0.05) is 38.3 Å². The van der Waals surface area contributed by atoms with Crippen LogP contribution in [0.2, 0.25) is 0 Å². The number of rotatable bonds is 5. The molecule has 1 atom stereocenters. The van der Waals surface area contributed by atoms with Crippen LogP contribution in [0.3, 0.4) is 0 Å². The molecule has 3 rings (SSSR count). The molecule has 132 valence electrons. The second-order valence-corrected chi connectivity index (χ2v) is 7.78. The Morgan fingerprint density at radius 1 is 0.957 bits per heavy atom. The molecule has 1 heterocycles. The van der Waals surface area contributed by atoms with Gasteiger partial charge in [0.05, 0.1) is 6.04 Å². The summed E-state index contributed by atoms with van der Waals surface area (Å²) in [6.45, 7) is 6.59. The summed E-state index contributed by atoms with van der Waals surface area (Å²) >= 11 is 0. The number of nitrogens with zero attached hydrogens (tertiary/aromatic N) is 2. The third kappa shape index (κ3) is 4.48. The lowest BCUT2D eigenvalue weighted by molar-refractivity contribution is -0.128. The predicted octanol–water partition coefficient (Wildman–Crippen LogP) is 2.77. The molecule has 1 unspecified atom stereocenters. The Morgan fingerprint density at radius 2 is 1.57 bits per heavy atom. The van der Waals surface area contributed by atoms with Crippen LogP contribution in [0.5, 0.6) is 0 Å². The Balaban J connectivity index is 1.47. The van der Waals surface area contributed by atoms with Crippen molar-refractivity contribution in [2.45, 2.75) is 89.3 Å². The van der Waals surface area contributed by atoms with E-state index in [0.717, 1.165) is 38.6 Å². The van der Waals surface area contributed by atoms with Gasteiger partial charge in [-0.3, -0.25) is 14.6 Å². The third-order valence-corrected chi connectivity index (χ3v) is 6.27. The summed E-state index contributed by atoms with van der Waals surface area (Å²) in [6.07, 6.45) is 12.8. The molecule has 0 aromatic heterocycles. The number of amides is 1. The van der Waals surface area contributed by atoms with Crippen molar-refractivity contribution in [3.8, 4) is 0 Å². The molecule has 0 spiro atoms. The zero-order valence-corrected chi connectivity index (χ0v) is 14.9. The highest BCUT2D eigenvalue weighted by Gasteiger charge is 2.31. The summed E-state index contributed by atoms with van der Waals surface area (Å²) in [5.74, 6) is 0.286. The molecule has 2 saturated carbocycles. The van der Waals surface area contributed by atoms with Crippen LogP contribution in [0.15, 0.2) is 0 Å². The van der Waals surface area contributed by atoms with E-state index in [1.807, 2.05) is 0 Å². The number of carbonyl (C=O) groups excluding carboxylic acids is 1. The van der Waals surface area contributed by atoms with Gasteiger partial charge in [0.25, 0.3) is 0 Å². The fraction of sp³-hybridized carbons (Fsp3) is 0.947. The quantitative estimate of drug-likeness (QED) is 0.846. The van der Waals surface area contributed by atoms with Gasteiger partial charge >= 0.3 is 0 Å².